The number of ether oxygens (including phenoxy) is 2. The predicted octanol–water partition coefficient (Wildman–Crippen LogP) is 3.11. The number of aromatic hydroxyl groups is 1. The van der Waals surface area contributed by atoms with Gasteiger partial charge < -0.3 is 34.4 Å². The lowest BCUT2D eigenvalue weighted by atomic mass is 9.98. The van der Waals surface area contributed by atoms with Crippen LogP contribution in [0.15, 0.2) is 30.3 Å². The Balaban J connectivity index is 1.33. The maximum absolute atomic E-state index is 14.0. The first-order valence-electron chi connectivity index (χ1n) is 14.4. The van der Waals surface area contributed by atoms with Crippen LogP contribution in [0, 0.1) is 12.3 Å². The van der Waals surface area contributed by atoms with Gasteiger partial charge in [-0.3, -0.25) is 4.79 Å². The van der Waals surface area contributed by atoms with Crippen molar-refractivity contribution in [3.05, 3.63) is 52.7 Å². The van der Waals surface area contributed by atoms with Crippen LogP contribution in [-0.4, -0.2) is 95.5 Å². The van der Waals surface area contributed by atoms with Crippen molar-refractivity contribution in [3.8, 4) is 11.8 Å². The van der Waals surface area contributed by atoms with Crippen molar-refractivity contribution in [2.45, 2.75) is 45.4 Å². The molecule has 2 aromatic carbocycles. The van der Waals surface area contributed by atoms with E-state index < -0.39 is 0 Å². The molecule has 2 aliphatic heterocycles. The number of nitrogens with zero attached hydrogens (tertiary/aromatic N) is 5. The first-order valence-corrected chi connectivity index (χ1v) is 14.4. The lowest BCUT2D eigenvalue weighted by Gasteiger charge is -2.26. The normalized spacial score (nSPS) is 19.9. The third-order valence-corrected chi connectivity index (χ3v) is 8.40. The number of rotatable bonds is 8. The number of aryl methyl sites for hydroxylation is 1. The highest BCUT2D eigenvalue weighted by Gasteiger charge is 2.44. The van der Waals surface area contributed by atoms with Gasteiger partial charge in [-0.1, -0.05) is 18.2 Å². The third kappa shape index (κ3) is 5.68. The Morgan fingerprint density at radius 3 is 2.80 bits per heavy atom. The van der Waals surface area contributed by atoms with Gasteiger partial charge in [-0.05, 0) is 68.8 Å². The number of fused-ring (bicyclic) bond motifs is 2. The van der Waals surface area contributed by atoms with E-state index in [0.29, 0.717) is 51.0 Å². The molecule has 10 nitrogen and oxygen atoms in total. The number of aliphatic hydroxyl groups excluding tert-OH is 1. The number of amides is 1. The highest BCUT2D eigenvalue weighted by atomic mass is 16.5. The van der Waals surface area contributed by atoms with Gasteiger partial charge in [0, 0.05) is 37.2 Å². The summed E-state index contributed by atoms with van der Waals surface area (Å²) in [6.45, 7) is 5.84. The van der Waals surface area contributed by atoms with E-state index in [0.717, 1.165) is 59.2 Å². The topological polar surface area (TPSA) is 111 Å². The molecule has 218 valence electrons. The zero-order valence-electron chi connectivity index (χ0n) is 24.1. The molecule has 0 bridgehead atoms. The van der Waals surface area contributed by atoms with E-state index >= 15 is 0 Å². The monoisotopic (exact) mass is 561 g/mol. The van der Waals surface area contributed by atoms with Crippen LogP contribution in [0.2, 0.25) is 0 Å². The maximum Gasteiger partial charge on any atom is 0.318 e. The molecule has 1 aliphatic carbocycles. The number of hydrogen-bond donors (Lipinski definition) is 2. The van der Waals surface area contributed by atoms with Gasteiger partial charge in [0.25, 0.3) is 5.91 Å². The minimum Gasteiger partial charge on any atom is -0.508 e. The molecule has 0 radical (unpaired) electrons. The van der Waals surface area contributed by atoms with Crippen LogP contribution in [0.5, 0.6) is 11.8 Å². The number of aromatic nitrogens is 2. The van der Waals surface area contributed by atoms with Crippen LogP contribution in [0.4, 0.5) is 5.82 Å². The molecule has 41 heavy (non-hydrogen) atoms. The van der Waals surface area contributed by atoms with Crippen LogP contribution >= 0.6 is 0 Å². The van der Waals surface area contributed by atoms with E-state index in [9.17, 15) is 15.0 Å². The summed E-state index contributed by atoms with van der Waals surface area (Å²) in [4.78, 5) is 29.8. The van der Waals surface area contributed by atoms with Crippen LogP contribution in [0.1, 0.15) is 46.4 Å². The Labute approximate surface area is 240 Å². The summed E-state index contributed by atoms with van der Waals surface area (Å²) in [5.41, 5.74) is 3.23. The van der Waals surface area contributed by atoms with E-state index in [1.54, 1.807) is 17.0 Å². The summed E-state index contributed by atoms with van der Waals surface area (Å²) < 4.78 is 12.1. The molecule has 3 aromatic rings. The van der Waals surface area contributed by atoms with Gasteiger partial charge in [0.2, 0.25) is 0 Å². The molecule has 2 fully saturated rings. The number of carbonyl (C=O) groups excluding carboxylic acids is 1. The summed E-state index contributed by atoms with van der Waals surface area (Å²) in [6.07, 6.45) is 2.71. The number of hydrogen-bond acceptors (Lipinski definition) is 9. The molecule has 1 atom stereocenters. The standard InChI is InChI=1S/C31H39N5O5/c1-20-6-4-7-21-12-22(38)13-24(27(20)21)29(39)36-15-25-26(16-36)32-30(41-19-31(8-9-31)18-34(2)3)33-28(25)35-10-5-11-40-23(14-35)17-37/h4,6-7,12-13,23,37-38H,5,8-11,14-19H2,1-3H3. The number of aliphatic hydroxyl groups is 1. The first-order chi connectivity index (χ1) is 19.7. The van der Waals surface area contributed by atoms with Crippen molar-refractivity contribution in [1.82, 2.24) is 19.8 Å². The van der Waals surface area contributed by atoms with Crippen molar-refractivity contribution < 1.29 is 24.5 Å². The molecule has 3 heterocycles. The molecule has 1 unspecified atom stereocenters. The number of carbonyl (C=O) groups is 1. The van der Waals surface area contributed by atoms with Gasteiger partial charge in [-0.15, -0.1) is 0 Å². The Kier molecular flexibility index (Phi) is 7.48. The zero-order chi connectivity index (χ0) is 28.7. The second kappa shape index (κ2) is 11.1. The van der Waals surface area contributed by atoms with E-state index in [4.69, 9.17) is 19.4 Å². The quantitative estimate of drug-likeness (QED) is 0.429. The Morgan fingerprint density at radius 1 is 1.22 bits per heavy atom. The Bertz CT molecular complexity index is 1460. The van der Waals surface area contributed by atoms with E-state index in [2.05, 4.69) is 23.9 Å². The fourth-order valence-electron chi connectivity index (χ4n) is 6.24. The second-order valence-corrected chi connectivity index (χ2v) is 12.1. The van der Waals surface area contributed by atoms with Gasteiger partial charge in [-0.2, -0.15) is 9.97 Å². The number of anilines is 1. The van der Waals surface area contributed by atoms with Gasteiger partial charge >= 0.3 is 6.01 Å². The lowest BCUT2D eigenvalue weighted by molar-refractivity contribution is 0.0266. The van der Waals surface area contributed by atoms with Crippen molar-refractivity contribution in [1.29, 1.82) is 0 Å². The molecule has 1 aromatic heterocycles. The minimum atomic E-state index is -0.317. The van der Waals surface area contributed by atoms with E-state index in [-0.39, 0.29) is 29.8 Å². The fraction of sp³-hybridized carbons (Fsp3) is 0.516. The molecule has 1 amide bonds. The summed E-state index contributed by atoms with van der Waals surface area (Å²) in [5, 5.41) is 22.0. The van der Waals surface area contributed by atoms with Crippen molar-refractivity contribution in [2.24, 2.45) is 5.41 Å². The van der Waals surface area contributed by atoms with Gasteiger partial charge in [0.15, 0.2) is 0 Å². The maximum atomic E-state index is 14.0. The summed E-state index contributed by atoms with van der Waals surface area (Å²) in [6, 6.07) is 9.38. The van der Waals surface area contributed by atoms with E-state index in [1.807, 2.05) is 25.1 Å². The molecule has 3 aliphatic rings. The number of phenolic OH excluding ortho intramolecular Hbond substituents is 1. The molecule has 6 rings (SSSR count). The largest absolute Gasteiger partial charge is 0.508 e. The molecular formula is C31H39N5O5. The predicted molar refractivity (Wildman–Crippen MR) is 155 cm³/mol. The second-order valence-electron chi connectivity index (χ2n) is 12.1. The Morgan fingerprint density at radius 2 is 2.05 bits per heavy atom. The average Bonchev–Trinajstić information content (AvgIpc) is 3.63. The van der Waals surface area contributed by atoms with Gasteiger partial charge in [0.1, 0.15) is 11.6 Å². The highest BCUT2D eigenvalue weighted by molar-refractivity contribution is 6.09. The highest BCUT2D eigenvalue weighted by Crippen LogP contribution is 2.46. The smallest absolute Gasteiger partial charge is 0.318 e. The number of phenols is 1. The van der Waals surface area contributed by atoms with E-state index in [1.165, 1.54) is 0 Å². The van der Waals surface area contributed by atoms with Crippen molar-refractivity contribution >= 4 is 22.5 Å². The van der Waals surface area contributed by atoms with Crippen molar-refractivity contribution in [3.63, 3.8) is 0 Å². The molecule has 10 heteroatoms. The van der Waals surface area contributed by atoms with Gasteiger partial charge in [-0.25, -0.2) is 0 Å². The summed E-state index contributed by atoms with van der Waals surface area (Å²) in [7, 11) is 4.15. The first kappa shape index (κ1) is 27.7. The Hall–Kier alpha value is -3.47. The molecule has 1 saturated carbocycles. The van der Waals surface area contributed by atoms with Crippen LogP contribution in [-0.2, 0) is 17.8 Å². The van der Waals surface area contributed by atoms with Crippen molar-refractivity contribution in [2.75, 3.05) is 58.5 Å². The zero-order valence-corrected chi connectivity index (χ0v) is 24.1. The third-order valence-electron chi connectivity index (χ3n) is 8.40. The van der Waals surface area contributed by atoms with Crippen LogP contribution < -0.4 is 9.64 Å². The molecule has 0 spiro atoms. The number of benzene rings is 2. The molecule has 2 N–H and O–H groups in total. The average molecular weight is 562 g/mol. The molecule has 1 saturated heterocycles. The van der Waals surface area contributed by atoms with Crippen LogP contribution in [0.3, 0.4) is 0 Å². The lowest BCUT2D eigenvalue weighted by Crippen LogP contribution is -2.35. The summed E-state index contributed by atoms with van der Waals surface area (Å²) in [5.74, 6) is 0.631. The van der Waals surface area contributed by atoms with Gasteiger partial charge in [0.05, 0.1) is 43.7 Å². The SMILES string of the molecule is Cc1cccc2cc(O)cc(C(=O)N3Cc4nc(OCC5(CN(C)C)CC5)nc(N5CCCOC(CO)C5)c4C3)c12. The molecular weight excluding hydrogens is 522 g/mol. The minimum absolute atomic E-state index is 0.0608. The summed E-state index contributed by atoms with van der Waals surface area (Å²) >= 11 is 0. The van der Waals surface area contributed by atoms with Crippen LogP contribution in [0.25, 0.3) is 10.8 Å². The fourth-order valence-corrected chi connectivity index (χ4v) is 6.24.